The van der Waals surface area contributed by atoms with E-state index in [1.165, 1.54) is 6.07 Å². The van der Waals surface area contributed by atoms with E-state index in [0.29, 0.717) is 5.52 Å². The van der Waals surface area contributed by atoms with Crippen molar-refractivity contribution < 1.29 is 4.39 Å². The molecule has 1 N–H and O–H groups in total. The highest BCUT2D eigenvalue weighted by atomic mass is 19.1. The van der Waals surface area contributed by atoms with Crippen molar-refractivity contribution in [2.45, 2.75) is 0 Å². The summed E-state index contributed by atoms with van der Waals surface area (Å²) in [7, 11) is 1.81. The van der Waals surface area contributed by atoms with Crippen molar-refractivity contribution >= 4 is 16.6 Å². The molecule has 2 nitrogen and oxygen atoms in total. The molecule has 0 spiro atoms. The number of hydrogen-bond donors (Lipinski definition) is 1. The van der Waals surface area contributed by atoms with Gasteiger partial charge in [0.05, 0.1) is 0 Å². The maximum atomic E-state index is 13.2. The molecule has 0 amide bonds. The largest absolute Gasteiger partial charge is 0.388 e. The molecule has 0 saturated heterocycles. The number of benzene rings is 1. The third kappa shape index (κ3) is 1.22. The Morgan fingerprint density at radius 2 is 2.15 bits per heavy atom. The lowest BCUT2D eigenvalue weighted by molar-refractivity contribution is 0.637. The van der Waals surface area contributed by atoms with Gasteiger partial charge in [-0.1, -0.05) is 12.1 Å². The minimum atomic E-state index is -0.283. The first-order valence-corrected chi connectivity index (χ1v) is 4.04. The Kier molecular flexibility index (Phi) is 1.85. The fraction of sp³-hybridized carbons (Fsp3) is 0.100. The maximum Gasteiger partial charge on any atom is 0.149 e. The zero-order valence-electron chi connectivity index (χ0n) is 7.21. The number of rotatable bonds is 1. The summed E-state index contributed by atoms with van der Waals surface area (Å²) >= 11 is 0. The van der Waals surface area contributed by atoms with Crippen LogP contribution in [0.3, 0.4) is 0 Å². The predicted molar refractivity (Wildman–Crippen MR) is 51.2 cm³/mol. The first-order chi connectivity index (χ1) is 6.33. The molecule has 0 atom stereocenters. The molecule has 1 aromatic heterocycles. The van der Waals surface area contributed by atoms with E-state index in [1.54, 1.807) is 19.3 Å². The summed E-state index contributed by atoms with van der Waals surface area (Å²) in [6.45, 7) is 0. The van der Waals surface area contributed by atoms with Gasteiger partial charge < -0.3 is 5.32 Å². The van der Waals surface area contributed by atoms with Gasteiger partial charge in [0.2, 0.25) is 0 Å². The smallest absolute Gasteiger partial charge is 0.149 e. The number of hydrogen-bond acceptors (Lipinski definition) is 2. The Bertz CT molecular complexity index is 440. The van der Waals surface area contributed by atoms with Crippen LogP contribution in [0, 0.1) is 5.82 Å². The fourth-order valence-corrected chi connectivity index (χ4v) is 1.36. The number of nitrogens with zero attached hydrogens (tertiary/aromatic N) is 1. The van der Waals surface area contributed by atoms with Gasteiger partial charge in [-0.2, -0.15) is 0 Å². The molecule has 0 saturated carbocycles. The Labute approximate surface area is 75.4 Å². The Hall–Kier alpha value is -1.64. The first-order valence-electron chi connectivity index (χ1n) is 4.04. The van der Waals surface area contributed by atoms with Crippen LogP contribution in [0.15, 0.2) is 30.5 Å². The summed E-state index contributed by atoms with van der Waals surface area (Å²) in [4.78, 5) is 3.97. The van der Waals surface area contributed by atoms with Crippen LogP contribution in [0.4, 0.5) is 10.1 Å². The van der Waals surface area contributed by atoms with Gasteiger partial charge >= 0.3 is 0 Å². The summed E-state index contributed by atoms with van der Waals surface area (Å²) in [5.74, 6) is -0.283. The fourth-order valence-electron chi connectivity index (χ4n) is 1.36. The molecule has 0 fully saturated rings. The van der Waals surface area contributed by atoms with Crippen LogP contribution in [0.5, 0.6) is 0 Å². The number of para-hydroxylation sites is 1. The molecular formula is C10H9FN2. The van der Waals surface area contributed by atoms with Gasteiger partial charge in [-0.25, -0.2) is 4.39 Å². The van der Waals surface area contributed by atoms with Crippen LogP contribution in [0.1, 0.15) is 0 Å². The molecule has 2 aromatic rings. The summed E-state index contributed by atoms with van der Waals surface area (Å²) in [6.07, 6.45) is 1.59. The number of aromatic nitrogens is 1. The standard InChI is InChI=1S/C10H9FN2/c1-12-9-5-6-13-10-7(9)3-2-4-8(10)11/h2-6H,1H3,(H,12,13). The zero-order chi connectivity index (χ0) is 9.26. The molecule has 0 bridgehead atoms. The first kappa shape index (κ1) is 7.98. The van der Waals surface area contributed by atoms with Crippen LogP contribution in [0.25, 0.3) is 10.9 Å². The topological polar surface area (TPSA) is 24.9 Å². The van der Waals surface area contributed by atoms with E-state index in [0.717, 1.165) is 11.1 Å². The Balaban J connectivity index is 2.84. The predicted octanol–water partition coefficient (Wildman–Crippen LogP) is 2.42. The minimum Gasteiger partial charge on any atom is -0.388 e. The lowest BCUT2D eigenvalue weighted by Crippen LogP contribution is -1.92. The number of halogens is 1. The van der Waals surface area contributed by atoms with E-state index in [2.05, 4.69) is 10.3 Å². The van der Waals surface area contributed by atoms with E-state index in [1.807, 2.05) is 12.1 Å². The highest BCUT2D eigenvalue weighted by Crippen LogP contribution is 2.22. The third-order valence-corrected chi connectivity index (χ3v) is 1.99. The summed E-state index contributed by atoms with van der Waals surface area (Å²) in [5, 5.41) is 3.80. The van der Waals surface area contributed by atoms with Crippen LogP contribution in [-0.4, -0.2) is 12.0 Å². The second kappa shape index (κ2) is 3.01. The van der Waals surface area contributed by atoms with E-state index in [4.69, 9.17) is 0 Å². The van der Waals surface area contributed by atoms with Crippen molar-refractivity contribution in [3.63, 3.8) is 0 Å². The second-order valence-electron chi connectivity index (χ2n) is 2.74. The van der Waals surface area contributed by atoms with Crippen molar-refractivity contribution in [2.24, 2.45) is 0 Å². The van der Waals surface area contributed by atoms with Gasteiger partial charge in [0.25, 0.3) is 0 Å². The molecule has 66 valence electrons. The Morgan fingerprint density at radius 3 is 2.92 bits per heavy atom. The second-order valence-corrected chi connectivity index (χ2v) is 2.74. The van der Waals surface area contributed by atoms with Crippen LogP contribution in [0.2, 0.25) is 0 Å². The van der Waals surface area contributed by atoms with Crippen molar-refractivity contribution in [3.8, 4) is 0 Å². The van der Waals surface area contributed by atoms with E-state index >= 15 is 0 Å². The molecule has 0 aliphatic carbocycles. The molecule has 1 aromatic carbocycles. The van der Waals surface area contributed by atoms with Gasteiger partial charge in [0.15, 0.2) is 0 Å². The third-order valence-electron chi connectivity index (χ3n) is 1.99. The maximum absolute atomic E-state index is 13.2. The van der Waals surface area contributed by atoms with Crippen LogP contribution >= 0.6 is 0 Å². The van der Waals surface area contributed by atoms with Gasteiger partial charge in [0.1, 0.15) is 11.3 Å². The lowest BCUT2D eigenvalue weighted by atomic mass is 10.2. The SMILES string of the molecule is CNc1ccnc2c(F)cccc12. The van der Waals surface area contributed by atoms with Crippen molar-refractivity contribution in [1.29, 1.82) is 0 Å². The molecule has 0 aliphatic heterocycles. The number of nitrogens with one attached hydrogen (secondary N) is 1. The van der Waals surface area contributed by atoms with Gasteiger partial charge in [0, 0.05) is 24.3 Å². The quantitative estimate of drug-likeness (QED) is 0.721. The van der Waals surface area contributed by atoms with Crippen molar-refractivity contribution in [3.05, 3.63) is 36.3 Å². The summed E-state index contributed by atoms with van der Waals surface area (Å²) in [6, 6.07) is 6.76. The van der Waals surface area contributed by atoms with E-state index in [9.17, 15) is 4.39 Å². The molecular weight excluding hydrogens is 167 g/mol. The minimum absolute atomic E-state index is 0.283. The molecule has 13 heavy (non-hydrogen) atoms. The van der Waals surface area contributed by atoms with Crippen LogP contribution < -0.4 is 5.32 Å². The highest BCUT2D eigenvalue weighted by Gasteiger charge is 2.03. The average molecular weight is 176 g/mol. The van der Waals surface area contributed by atoms with Crippen molar-refractivity contribution in [1.82, 2.24) is 4.98 Å². The molecule has 0 unspecified atom stereocenters. The van der Waals surface area contributed by atoms with Crippen LogP contribution in [-0.2, 0) is 0 Å². The highest BCUT2D eigenvalue weighted by molar-refractivity contribution is 5.91. The van der Waals surface area contributed by atoms with E-state index < -0.39 is 0 Å². The average Bonchev–Trinajstić information content (AvgIpc) is 2.18. The molecule has 0 radical (unpaired) electrons. The summed E-state index contributed by atoms with van der Waals surface area (Å²) in [5.41, 5.74) is 1.30. The number of fused-ring (bicyclic) bond motifs is 1. The normalized spacial score (nSPS) is 10.3. The summed E-state index contributed by atoms with van der Waals surface area (Å²) < 4.78 is 13.2. The number of pyridine rings is 1. The number of anilines is 1. The zero-order valence-corrected chi connectivity index (χ0v) is 7.21. The van der Waals surface area contributed by atoms with Gasteiger partial charge in [-0.15, -0.1) is 0 Å². The molecule has 3 heteroatoms. The van der Waals surface area contributed by atoms with Crippen molar-refractivity contribution in [2.75, 3.05) is 12.4 Å². The van der Waals surface area contributed by atoms with E-state index in [-0.39, 0.29) is 5.82 Å². The molecule has 0 aliphatic rings. The van der Waals surface area contributed by atoms with Gasteiger partial charge in [-0.05, 0) is 12.1 Å². The molecule has 1 heterocycles. The molecule has 2 rings (SSSR count). The monoisotopic (exact) mass is 176 g/mol. The lowest BCUT2D eigenvalue weighted by Gasteiger charge is -2.04. The Morgan fingerprint density at radius 1 is 1.31 bits per heavy atom. The van der Waals surface area contributed by atoms with Gasteiger partial charge in [-0.3, -0.25) is 4.98 Å².